The van der Waals surface area contributed by atoms with Crippen LogP contribution in [0.15, 0.2) is 59.5 Å². The minimum atomic E-state index is -1.04. The van der Waals surface area contributed by atoms with Crippen LogP contribution in [0.1, 0.15) is 64.9 Å². The van der Waals surface area contributed by atoms with E-state index in [-0.39, 0.29) is 29.1 Å². The predicted molar refractivity (Wildman–Crippen MR) is 141 cm³/mol. The molecule has 1 fully saturated rings. The highest BCUT2D eigenvalue weighted by molar-refractivity contribution is 6.31. The van der Waals surface area contributed by atoms with E-state index in [9.17, 15) is 19.2 Å². The molecule has 0 radical (unpaired) electrons. The van der Waals surface area contributed by atoms with Gasteiger partial charge in [-0.2, -0.15) is 0 Å². The van der Waals surface area contributed by atoms with Gasteiger partial charge in [-0.1, -0.05) is 43.0 Å². The zero-order chi connectivity index (χ0) is 26.7. The lowest BCUT2D eigenvalue weighted by molar-refractivity contribution is -0.122. The molecule has 1 saturated carbocycles. The summed E-state index contributed by atoms with van der Waals surface area (Å²) < 4.78 is 7.04. The average molecular weight is 522 g/mol. The van der Waals surface area contributed by atoms with Crippen molar-refractivity contribution in [2.24, 2.45) is 5.92 Å². The Morgan fingerprint density at radius 2 is 1.78 bits per heavy atom. The van der Waals surface area contributed by atoms with Crippen molar-refractivity contribution in [1.82, 2.24) is 4.57 Å². The Bertz CT molecular complexity index is 1400. The second kappa shape index (κ2) is 11.1. The number of carboxylic acids is 1. The zero-order valence-corrected chi connectivity index (χ0v) is 21.5. The smallest absolute Gasteiger partial charge is 0.335 e. The fourth-order valence-electron chi connectivity index (χ4n) is 4.72. The number of Topliss-reactive ketones (excluding diaryl/α,β-unsaturated/α-hetero) is 2. The van der Waals surface area contributed by atoms with Gasteiger partial charge in [0.25, 0.3) is 5.56 Å². The summed E-state index contributed by atoms with van der Waals surface area (Å²) in [6.45, 7) is 1.44. The first kappa shape index (κ1) is 26.4. The monoisotopic (exact) mass is 521 g/mol. The number of methoxy groups -OCH3 is 1. The van der Waals surface area contributed by atoms with Gasteiger partial charge in [-0.25, -0.2) is 4.79 Å². The Hall–Kier alpha value is -3.71. The van der Waals surface area contributed by atoms with E-state index in [1.165, 1.54) is 43.0 Å². The lowest BCUT2D eigenvalue weighted by Gasteiger charge is -2.30. The molecule has 1 atom stereocenters. The summed E-state index contributed by atoms with van der Waals surface area (Å²) in [7, 11) is 1.47. The molecular weight excluding hydrogens is 494 g/mol. The number of benzene rings is 2. The second-order valence-electron chi connectivity index (χ2n) is 9.44. The van der Waals surface area contributed by atoms with Gasteiger partial charge in [-0.05, 0) is 60.7 Å². The van der Waals surface area contributed by atoms with Gasteiger partial charge >= 0.3 is 5.97 Å². The Kier molecular flexibility index (Phi) is 7.93. The third kappa shape index (κ3) is 5.83. The molecule has 0 unspecified atom stereocenters. The number of hydrogen-bond donors (Lipinski definition) is 1. The summed E-state index contributed by atoms with van der Waals surface area (Å²) in [6, 6.07) is 11.7. The van der Waals surface area contributed by atoms with E-state index in [0.29, 0.717) is 45.4 Å². The van der Waals surface area contributed by atoms with Gasteiger partial charge in [0, 0.05) is 28.6 Å². The summed E-state index contributed by atoms with van der Waals surface area (Å²) >= 11 is 6.20. The Morgan fingerprint density at radius 1 is 1.08 bits per heavy atom. The summed E-state index contributed by atoms with van der Waals surface area (Å²) in [6.07, 6.45) is 5.25. The van der Waals surface area contributed by atoms with E-state index >= 15 is 0 Å². The molecule has 1 aromatic heterocycles. The molecule has 1 heterocycles. The molecule has 0 amide bonds. The standard InChI is InChI=1S/C29H28ClNO6/c1-17(32)22-11-10-21(30)14-23(22)24-15-28(34)31(16-27(24)37-2)25(12-18-4-3-5-18)26(33)13-19-6-8-20(9-7-19)29(35)36/h6-11,14-16,18,25H,3-5,12-13H2,1-2H3,(H,35,36)/t25-/m1/s1. The van der Waals surface area contributed by atoms with E-state index in [1.807, 2.05) is 0 Å². The highest BCUT2D eigenvalue weighted by Crippen LogP contribution is 2.37. The molecule has 192 valence electrons. The van der Waals surface area contributed by atoms with E-state index in [4.69, 9.17) is 21.4 Å². The number of ether oxygens (including phenoxy) is 1. The maximum atomic E-state index is 13.5. The second-order valence-corrected chi connectivity index (χ2v) is 9.88. The molecule has 7 nitrogen and oxygen atoms in total. The number of halogens is 1. The van der Waals surface area contributed by atoms with Crippen molar-refractivity contribution in [3.63, 3.8) is 0 Å². The molecular formula is C29H28ClNO6. The average Bonchev–Trinajstić information content (AvgIpc) is 2.83. The number of carbonyl (C=O) groups is 3. The number of ketones is 2. The van der Waals surface area contributed by atoms with Crippen LogP contribution in [0, 0.1) is 5.92 Å². The third-order valence-corrected chi connectivity index (χ3v) is 7.22. The molecule has 4 rings (SSSR count). The number of hydrogen-bond acceptors (Lipinski definition) is 5. The predicted octanol–water partition coefficient (Wildman–Crippen LogP) is 5.62. The van der Waals surface area contributed by atoms with Crippen LogP contribution in [-0.4, -0.2) is 34.3 Å². The minimum Gasteiger partial charge on any atom is -0.495 e. The van der Waals surface area contributed by atoms with Crippen LogP contribution in [0.5, 0.6) is 5.75 Å². The number of nitrogens with zero attached hydrogens (tertiary/aromatic N) is 1. The van der Waals surface area contributed by atoms with Crippen LogP contribution < -0.4 is 10.3 Å². The maximum absolute atomic E-state index is 13.5. The molecule has 1 aliphatic carbocycles. The molecule has 2 aromatic carbocycles. The largest absolute Gasteiger partial charge is 0.495 e. The van der Waals surface area contributed by atoms with Crippen molar-refractivity contribution >= 4 is 29.1 Å². The van der Waals surface area contributed by atoms with Crippen LogP contribution in [0.4, 0.5) is 0 Å². The van der Waals surface area contributed by atoms with Crippen molar-refractivity contribution in [2.45, 2.75) is 45.1 Å². The number of carboxylic acid groups (broad SMARTS) is 1. The summed E-state index contributed by atoms with van der Waals surface area (Å²) in [5, 5.41) is 9.55. The zero-order valence-electron chi connectivity index (χ0n) is 20.7. The number of carbonyl (C=O) groups excluding carboxylic acids is 2. The number of aromatic nitrogens is 1. The molecule has 37 heavy (non-hydrogen) atoms. The van der Waals surface area contributed by atoms with Gasteiger partial charge < -0.3 is 14.4 Å². The first-order valence-corrected chi connectivity index (χ1v) is 12.5. The Balaban J connectivity index is 1.73. The van der Waals surface area contributed by atoms with Crippen LogP contribution in [-0.2, 0) is 11.2 Å². The van der Waals surface area contributed by atoms with Gasteiger partial charge in [0.05, 0.1) is 24.9 Å². The quantitative estimate of drug-likeness (QED) is 0.347. The lowest BCUT2D eigenvalue weighted by atomic mass is 9.79. The van der Waals surface area contributed by atoms with Crippen LogP contribution in [0.2, 0.25) is 5.02 Å². The van der Waals surface area contributed by atoms with Crippen LogP contribution in [0.3, 0.4) is 0 Å². The third-order valence-electron chi connectivity index (χ3n) is 6.98. The molecule has 8 heteroatoms. The molecule has 0 bridgehead atoms. The van der Waals surface area contributed by atoms with Gasteiger partial charge in [0.2, 0.25) is 0 Å². The van der Waals surface area contributed by atoms with Crippen molar-refractivity contribution < 1.29 is 24.2 Å². The first-order chi connectivity index (χ1) is 17.7. The topological polar surface area (TPSA) is 103 Å². The van der Waals surface area contributed by atoms with Gasteiger partial charge in [0.15, 0.2) is 11.6 Å². The van der Waals surface area contributed by atoms with Gasteiger partial charge in [0.1, 0.15) is 5.75 Å². The van der Waals surface area contributed by atoms with Gasteiger partial charge in [-0.3, -0.25) is 14.4 Å². The van der Waals surface area contributed by atoms with E-state index in [0.717, 1.165) is 19.3 Å². The number of aromatic carboxylic acids is 1. The fraction of sp³-hybridized carbons (Fsp3) is 0.310. The molecule has 0 saturated heterocycles. The van der Waals surface area contributed by atoms with E-state index in [1.54, 1.807) is 30.3 Å². The Morgan fingerprint density at radius 3 is 2.35 bits per heavy atom. The summed E-state index contributed by atoms with van der Waals surface area (Å²) in [4.78, 5) is 50.3. The van der Waals surface area contributed by atoms with Gasteiger partial charge in [-0.15, -0.1) is 0 Å². The number of rotatable bonds is 10. The minimum absolute atomic E-state index is 0.0660. The van der Waals surface area contributed by atoms with Crippen LogP contribution in [0.25, 0.3) is 11.1 Å². The maximum Gasteiger partial charge on any atom is 0.335 e. The molecule has 1 aliphatic rings. The van der Waals surface area contributed by atoms with E-state index < -0.39 is 12.0 Å². The Labute approximate surface area is 219 Å². The molecule has 0 aliphatic heterocycles. The highest BCUT2D eigenvalue weighted by Gasteiger charge is 2.29. The molecule has 3 aromatic rings. The van der Waals surface area contributed by atoms with Crippen LogP contribution >= 0.6 is 11.6 Å². The van der Waals surface area contributed by atoms with Crippen molar-refractivity contribution in [3.8, 4) is 16.9 Å². The lowest BCUT2D eigenvalue weighted by Crippen LogP contribution is -2.33. The normalized spacial score (nSPS) is 14.0. The summed E-state index contributed by atoms with van der Waals surface area (Å²) in [5.74, 6) is -0.657. The van der Waals surface area contributed by atoms with E-state index in [2.05, 4.69) is 0 Å². The van der Waals surface area contributed by atoms with Crippen molar-refractivity contribution in [2.75, 3.05) is 7.11 Å². The summed E-state index contributed by atoms with van der Waals surface area (Å²) in [5.41, 5.74) is 1.76. The highest BCUT2D eigenvalue weighted by atomic mass is 35.5. The number of pyridine rings is 1. The van der Waals surface area contributed by atoms with Crippen molar-refractivity contribution in [1.29, 1.82) is 0 Å². The first-order valence-electron chi connectivity index (χ1n) is 12.1. The van der Waals surface area contributed by atoms with Crippen molar-refractivity contribution in [3.05, 3.63) is 86.8 Å². The SMILES string of the molecule is COc1cn([C@H](CC2CCC2)C(=O)Cc2ccc(C(=O)O)cc2)c(=O)cc1-c1cc(Cl)ccc1C(C)=O. The molecule has 0 spiro atoms. The fourth-order valence-corrected chi connectivity index (χ4v) is 4.89. The molecule has 1 N–H and O–H groups in total.